The fourth-order valence-electron chi connectivity index (χ4n) is 4.26. The van der Waals surface area contributed by atoms with E-state index in [9.17, 15) is 19.6 Å². The van der Waals surface area contributed by atoms with Gasteiger partial charge in [-0.15, -0.1) is 0 Å². The van der Waals surface area contributed by atoms with Crippen LogP contribution in [0.2, 0.25) is 0 Å². The molecule has 186 valence electrons. The minimum absolute atomic E-state index is 0.0964. The van der Waals surface area contributed by atoms with Crippen LogP contribution >= 0.6 is 0 Å². The first-order valence-corrected chi connectivity index (χ1v) is 11.8. The lowest BCUT2D eigenvalue weighted by Crippen LogP contribution is -2.41. The van der Waals surface area contributed by atoms with E-state index in [1.165, 1.54) is 16.7 Å². The molecule has 1 unspecified atom stereocenters. The molecule has 10 nitrogen and oxygen atoms in total. The van der Waals surface area contributed by atoms with Crippen LogP contribution in [0.15, 0.2) is 51.5 Å². The van der Waals surface area contributed by atoms with Gasteiger partial charge < -0.3 is 19.4 Å². The van der Waals surface area contributed by atoms with Crippen molar-refractivity contribution in [3.63, 3.8) is 0 Å². The number of carbonyl (C=O) groups excluding carboxylic acids is 2. The molecule has 0 radical (unpaired) electrons. The van der Waals surface area contributed by atoms with Crippen LogP contribution in [0.5, 0.6) is 0 Å². The van der Waals surface area contributed by atoms with Crippen molar-refractivity contribution in [2.75, 3.05) is 24.6 Å². The van der Waals surface area contributed by atoms with Gasteiger partial charge in [-0.25, -0.2) is 4.98 Å². The number of fused-ring (bicyclic) bond motifs is 1. The van der Waals surface area contributed by atoms with Gasteiger partial charge >= 0.3 is 5.97 Å². The van der Waals surface area contributed by atoms with E-state index in [1.54, 1.807) is 31.3 Å². The molecule has 1 aliphatic heterocycles. The number of furan rings is 1. The Labute approximate surface area is 207 Å². The molecule has 1 amide bonds. The molecule has 1 N–H and O–H groups in total. The van der Waals surface area contributed by atoms with Gasteiger partial charge in [0.05, 0.1) is 30.9 Å². The summed E-state index contributed by atoms with van der Waals surface area (Å²) in [4.78, 5) is 45.4. The van der Waals surface area contributed by atoms with E-state index in [2.05, 4.69) is 5.32 Å². The van der Waals surface area contributed by atoms with Crippen LogP contribution in [-0.4, -0.2) is 41.0 Å². The number of nitriles is 1. The van der Waals surface area contributed by atoms with Gasteiger partial charge in [0.2, 0.25) is 0 Å². The normalized spacial score (nSPS) is 16.0. The maximum Gasteiger partial charge on any atom is 0.310 e. The van der Waals surface area contributed by atoms with Crippen molar-refractivity contribution < 1.29 is 18.7 Å². The van der Waals surface area contributed by atoms with Crippen LogP contribution in [0.1, 0.15) is 36.7 Å². The second kappa shape index (κ2) is 10.9. The van der Waals surface area contributed by atoms with Crippen molar-refractivity contribution in [1.82, 2.24) is 14.7 Å². The Hall–Kier alpha value is -4.39. The average molecular weight is 490 g/mol. The van der Waals surface area contributed by atoms with Crippen LogP contribution in [0.4, 0.5) is 5.82 Å². The number of nitrogens with zero attached hydrogens (tertiary/aromatic N) is 4. The average Bonchev–Trinajstić information content (AvgIpc) is 3.41. The molecule has 1 atom stereocenters. The molecule has 1 saturated heterocycles. The van der Waals surface area contributed by atoms with E-state index in [0.29, 0.717) is 43.2 Å². The predicted molar refractivity (Wildman–Crippen MR) is 132 cm³/mol. The highest BCUT2D eigenvalue weighted by Crippen LogP contribution is 2.26. The van der Waals surface area contributed by atoms with Crippen molar-refractivity contribution in [2.45, 2.75) is 33.2 Å². The summed E-state index contributed by atoms with van der Waals surface area (Å²) in [5.74, 6) is -0.434. The number of anilines is 1. The predicted octanol–water partition coefficient (Wildman–Crippen LogP) is 2.60. The Bertz CT molecular complexity index is 1400. The maximum atomic E-state index is 13.6. The Morgan fingerprint density at radius 2 is 2.19 bits per heavy atom. The number of carbonyl (C=O) groups is 2. The molecule has 0 spiro atoms. The Morgan fingerprint density at radius 3 is 2.92 bits per heavy atom. The molecule has 0 bridgehead atoms. The largest absolute Gasteiger partial charge is 0.467 e. The zero-order chi connectivity index (χ0) is 25.7. The number of aryl methyl sites for hydroxylation is 1. The highest BCUT2D eigenvalue weighted by molar-refractivity contribution is 6.02. The smallest absolute Gasteiger partial charge is 0.310 e. The fraction of sp³-hybridized carbons (Fsp3) is 0.346. The number of esters is 1. The quantitative estimate of drug-likeness (QED) is 0.305. The zero-order valence-corrected chi connectivity index (χ0v) is 20.2. The Kier molecular flexibility index (Phi) is 7.49. The topological polar surface area (TPSA) is 130 Å². The number of ether oxygens (including phenoxy) is 1. The van der Waals surface area contributed by atoms with Crippen molar-refractivity contribution in [3.05, 3.63) is 69.5 Å². The lowest BCUT2D eigenvalue weighted by molar-refractivity contribution is -0.148. The minimum atomic E-state index is -0.642. The van der Waals surface area contributed by atoms with E-state index in [0.717, 1.165) is 5.56 Å². The van der Waals surface area contributed by atoms with Gasteiger partial charge in [-0.1, -0.05) is 6.07 Å². The van der Waals surface area contributed by atoms with Crippen molar-refractivity contribution in [3.8, 4) is 6.07 Å². The maximum absolute atomic E-state index is 13.6. The number of hydrogen-bond donors (Lipinski definition) is 1. The van der Waals surface area contributed by atoms with Crippen molar-refractivity contribution in [1.29, 1.82) is 5.26 Å². The fourth-order valence-corrected chi connectivity index (χ4v) is 4.26. The third-order valence-electron chi connectivity index (χ3n) is 6.06. The van der Waals surface area contributed by atoms with Gasteiger partial charge in [0, 0.05) is 19.3 Å². The van der Waals surface area contributed by atoms with E-state index in [-0.39, 0.29) is 36.2 Å². The Morgan fingerprint density at radius 1 is 1.36 bits per heavy atom. The molecule has 4 rings (SSSR count). The monoisotopic (exact) mass is 489 g/mol. The number of nitrogens with one attached hydrogen (secondary N) is 1. The van der Waals surface area contributed by atoms with E-state index < -0.39 is 11.5 Å². The van der Waals surface area contributed by atoms with Gasteiger partial charge in [0.1, 0.15) is 28.9 Å². The molecule has 0 saturated carbocycles. The summed E-state index contributed by atoms with van der Waals surface area (Å²) in [7, 11) is 0. The van der Waals surface area contributed by atoms with Crippen LogP contribution < -0.4 is 15.8 Å². The van der Waals surface area contributed by atoms with E-state index in [4.69, 9.17) is 14.1 Å². The summed E-state index contributed by atoms with van der Waals surface area (Å²) >= 11 is 0. The third kappa shape index (κ3) is 5.15. The van der Waals surface area contributed by atoms with Gasteiger partial charge in [-0.2, -0.15) is 5.26 Å². The second-order valence-electron chi connectivity index (χ2n) is 8.51. The first-order chi connectivity index (χ1) is 17.4. The summed E-state index contributed by atoms with van der Waals surface area (Å²) in [5, 5.41) is 12.4. The van der Waals surface area contributed by atoms with E-state index in [1.807, 2.05) is 24.0 Å². The molecule has 10 heteroatoms. The molecule has 1 fully saturated rings. The molecule has 1 aliphatic rings. The molecule has 0 aliphatic carbocycles. The number of amides is 1. The van der Waals surface area contributed by atoms with E-state index >= 15 is 0 Å². The van der Waals surface area contributed by atoms with Gasteiger partial charge in [-0.05, 0) is 56.5 Å². The lowest BCUT2D eigenvalue weighted by atomic mass is 9.97. The third-order valence-corrected chi connectivity index (χ3v) is 6.06. The highest BCUT2D eigenvalue weighted by atomic mass is 16.5. The van der Waals surface area contributed by atoms with Crippen LogP contribution in [0, 0.1) is 24.2 Å². The zero-order valence-electron chi connectivity index (χ0n) is 20.2. The summed E-state index contributed by atoms with van der Waals surface area (Å²) in [6.07, 6.45) is 5.73. The van der Waals surface area contributed by atoms with Crippen LogP contribution in [0.25, 0.3) is 11.7 Å². The summed E-state index contributed by atoms with van der Waals surface area (Å²) in [6, 6.07) is 8.87. The molecule has 4 heterocycles. The first kappa shape index (κ1) is 24.7. The Balaban J connectivity index is 1.76. The van der Waals surface area contributed by atoms with Gasteiger partial charge in [0.15, 0.2) is 0 Å². The highest BCUT2D eigenvalue weighted by Gasteiger charge is 2.30. The SMILES string of the molecule is CCOC(=O)C1CCCN(c2nc3c(C)cccn3c(=O)c2/C=C(\C#N)C(=O)NCc2ccco2)C1. The number of rotatable bonds is 7. The van der Waals surface area contributed by atoms with Crippen LogP contribution in [-0.2, 0) is 20.9 Å². The number of piperidine rings is 1. The molecule has 3 aromatic heterocycles. The standard InChI is InChI=1S/C26H27N5O5/c1-3-35-26(34)18-8-5-10-30(16-18)23-21(25(33)31-11-4-7-17(2)22(31)29-23)13-19(14-27)24(32)28-15-20-9-6-12-36-20/h4,6-7,9,11-13,18H,3,5,8,10,15-16H2,1-2H3,(H,28,32)/b19-13+. The number of hydrogen-bond acceptors (Lipinski definition) is 8. The summed E-state index contributed by atoms with van der Waals surface area (Å²) in [5.41, 5.74) is 0.708. The molecular formula is C26H27N5O5. The molecule has 3 aromatic rings. The molecule has 36 heavy (non-hydrogen) atoms. The lowest BCUT2D eigenvalue weighted by Gasteiger charge is -2.33. The first-order valence-electron chi connectivity index (χ1n) is 11.8. The minimum Gasteiger partial charge on any atom is -0.467 e. The van der Waals surface area contributed by atoms with Crippen LogP contribution in [0.3, 0.4) is 0 Å². The number of pyridine rings is 1. The van der Waals surface area contributed by atoms with Crippen molar-refractivity contribution in [2.24, 2.45) is 5.92 Å². The summed E-state index contributed by atoms with van der Waals surface area (Å²) in [6.45, 7) is 4.88. The molecular weight excluding hydrogens is 462 g/mol. The van der Waals surface area contributed by atoms with Crippen molar-refractivity contribution >= 4 is 29.4 Å². The van der Waals surface area contributed by atoms with Gasteiger partial charge in [0.25, 0.3) is 11.5 Å². The number of aromatic nitrogens is 2. The van der Waals surface area contributed by atoms with Gasteiger partial charge in [-0.3, -0.25) is 18.8 Å². The molecule has 0 aromatic carbocycles. The summed E-state index contributed by atoms with van der Waals surface area (Å²) < 4.78 is 11.8. The second-order valence-corrected chi connectivity index (χ2v) is 8.51.